The molecule has 6 heteroatoms. The number of rotatable bonds is 7. The Morgan fingerprint density at radius 1 is 1.32 bits per heavy atom. The number of hydrogen-bond acceptors (Lipinski definition) is 5. The molecule has 0 atom stereocenters. The number of benzene rings is 1. The molecule has 0 saturated heterocycles. The van der Waals surface area contributed by atoms with Crippen LogP contribution in [0.25, 0.3) is 0 Å². The molecule has 0 N–H and O–H groups in total. The topological polar surface area (TPSA) is 50.3 Å². The molecule has 0 amide bonds. The lowest BCUT2D eigenvalue weighted by Gasteiger charge is -2.26. The van der Waals surface area contributed by atoms with E-state index in [-0.39, 0.29) is 0 Å². The molecule has 120 valence electrons. The first-order valence-corrected chi connectivity index (χ1v) is 10.0. The van der Waals surface area contributed by atoms with Gasteiger partial charge in [0.15, 0.2) is 9.84 Å². The zero-order chi connectivity index (χ0) is 16.2. The SMILES string of the molecule is CC(C)N(CCc1nccs1)Cc1cccc(S(C)(=O)=O)c1. The molecule has 0 aliphatic rings. The summed E-state index contributed by atoms with van der Waals surface area (Å²) in [6, 6.07) is 7.60. The third kappa shape index (κ3) is 4.90. The quantitative estimate of drug-likeness (QED) is 0.779. The summed E-state index contributed by atoms with van der Waals surface area (Å²) >= 11 is 1.67. The lowest BCUT2D eigenvalue weighted by molar-refractivity contribution is 0.215. The third-order valence-electron chi connectivity index (χ3n) is 3.54. The van der Waals surface area contributed by atoms with E-state index in [0.29, 0.717) is 10.9 Å². The van der Waals surface area contributed by atoms with E-state index in [0.717, 1.165) is 30.1 Å². The van der Waals surface area contributed by atoms with Crippen LogP contribution in [0, 0.1) is 0 Å². The van der Waals surface area contributed by atoms with Gasteiger partial charge in [-0.1, -0.05) is 12.1 Å². The minimum absolute atomic E-state index is 0.383. The zero-order valence-corrected chi connectivity index (χ0v) is 14.8. The molecule has 1 aromatic carbocycles. The summed E-state index contributed by atoms with van der Waals surface area (Å²) in [6.45, 7) is 5.96. The van der Waals surface area contributed by atoms with Gasteiger partial charge in [0, 0.05) is 43.4 Å². The van der Waals surface area contributed by atoms with Crippen LogP contribution in [0.15, 0.2) is 40.7 Å². The summed E-state index contributed by atoms with van der Waals surface area (Å²) in [4.78, 5) is 7.03. The van der Waals surface area contributed by atoms with Gasteiger partial charge >= 0.3 is 0 Å². The Morgan fingerprint density at radius 2 is 2.09 bits per heavy atom. The summed E-state index contributed by atoms with van der Waals surface area (Å²) in [7, 11) is -3.16. The van der Waals surface area contributed by atoms with Crippen molar-refractivity contribution < 1.29 is 8.42 Å². The lowest BCUT2D eigenvalue weighted by atomic mass is 10.2. The van der Waals surface area contributed by atoms with Gasteiger partial charge in [-0.3, -0.25) is 4.90 Å². The van der Waals surface area contributed by atoms with Crippen molar-refractivity contribution in [2.24, 2.45) is 0 Å². The van der Waals surface area contributed by atoms with E-state index in [1.54, 1.807) is 23.5 Å². The van der Waals surface area contributed by atoms with Crippen LogP contribution in [0.1, 0.15) is 24.4 Å². The van der Waals surface area contributed by atoms with Gasteiger partial charge in [-0.25, -0.2) is 13.4 Å². The molecular weight excluding hydrogens is 316 g/mol. The number of nitrogens with zero attached hydrogens (tertiary/aromatic N) is 2. The van der Waals surface area contributed by atoms with Gasteiger partial charge in [-0.15, -0.1) is 11.3 Å². The largest absolute Gasteiger partial charge is 0.296 e. The van der Waals surface area contributed by atoms with E-state index in [9.17, 15) is 8.42 Å². The fourth-order valence-electron chi connectivity index (χ4n) is 2.24. The molecule has 0 aliphatic carbocycles. The number of hydrogen-bond donors (Lipinski definition) is 0. The molecule has 0 radical (unpaired) electrons. The van der Waals surface area contributed by atoms with Crippen molar-refractivity contribution in [3.05, 3.63) is 46.4 Å². The van der Waals surface area contributed by atoms with Gasteiger partial charge in [-0.05, 0) is 31.5 Å². The molecule has 0 bridgehead atoms. The number of aromatic nitrogens is 1. The maximum absolute atomic E-state index is 11.7. The van der Waals surface area contributed by atoms with Crippen molar-refractivity contribution in [3.63, 3.8) is 0 Å². The highest BCUT2D eigenvalue weighted by atomic mass is 32.2. The van der Waals surface area contributed by atoms with Crippen LogP contribution in [-0.4, -0.2) is 37.1 Å². The van der Waals surface area contributed by atoms with Gasteiger partial charge in [0.2, 0.25) is 0 Å². The number of thiazole rings is 1. The molecule has 22 heavy (non-hydrogen) atoms. The highest BCUT2D eigenvalue weighted by molar-refractivity contribution is 7.90. The predicted molar refractivity (Wildman–Crippen MR) is 90.9 cm³/mol. The smallest absolute Gasteiger partial charge is 0.175 e. The summed E-state index contributed by atoms with van der Waals surface area (Å²) in [5.41, 5.74) is 1.02. The van der Waals surface area contributed by atoms with Crippen LogP contribution < -0.4 is 0 Å². The van der Waals surface area contributed by atoms with E-state index in [1.807, 2.05) is 23.7 Å². The Bertz CT molecular complexity index is 695. The molecule has 2 aromatic rings. The Morgan fingerprint density at radius 3 is 2.68 bits per heavy atom. The van der Waals surface area contributed by atoms with Crippen molar-refractivity contribution in [3.8, 4) is 0 Å². The average molecular weight is 338 g/mol. The minimum Gasteiger partial charge on any atom is -0.296 e. The fourth-order valence-corrected chi connectivity index (χ4v) is 3.55. The van der Waals surface area contributed by atoms with E-state index in [2.05, 4.69) is 23.7 Å². The molecular formula is C16H22N2O2S2. The van der Waals surface area contributed by atoms with E-state index in [4.69, 9.17) is 0 Å². The second-order valence-corrected chi connectivity index (χ2v) is 8.65. The van der Waals surface area contributed by atoms with E-state index >= 15 is 0 Å². The van der Waals surface area contributed by atoms with Crippen molar-refractivity contribution in [1.82, 2.24) is 9.88 Å². The van der Waals surface area contributed by atoms with Crippen molar-refractivity contribution in [1.29, 1.82) is 0 Å². The average Bonchev–Trinajstić information content (AvgIpc) is 2.95. The Hall–Kier alpha value is -1.24. The molecule has 0 unspecified atom stereocenters. The van der Waals surface area contributed by atoms with E-state index in [1.165, 1.54) is 6.26 Å². The van der Waals surface area contributed by atoms with Crippen molar-refractivity contribution >= 4 is 21.2 Å². The lowest BCUT2D eigenvalue weighted by Crippen LogP contribution is -2.32. The Balaban J connectivity index is 2.07. The predicted octanol–water partition coefficient (Wildman–Crippen LogP) is 3.00. The van der Waals surface area contributed by atoms with Crippen LogP contribution in [0.4, 0.5) is 0 Å². The van der Waals surface area contributed by atoms with Crippen LogP contribution in [-0.2, 0) is 22.8 Å². The summed E-state index contributed by atoms with van der Waals surface area (Å²) < 4.78 is 23.3. The minimum atomic E-state index is -3.16. The molecule has 0 saturated carbocycles. The molecule has 0 aliphatic heterocycles. The second-order valence-electron chi connectivity index (χ2n) is 5.66. The first-order valence-electron chi connectivity index (χ1n) is 7.27. The van der Waals surface area contributed by atoms with Crippen LogP contribution in [0.2, 0.25) is 0 Å². The maximum atomic E-state index is 11.7. The molecule has 1 aromatic heterocycles. The van der Waals surface area contributed by atoms with Crippen molar-refractivity contribution in [2.45, 2.75) is 37.8 Å². The maximum Gasteiger partial charge on any atom is 0.175 e. The summed E-state index contributed by atoms with van der Waals surface area (Å²) in [6.07, 6.45) is 3.99. The molecule has 4 nitrogen and oxygen atoms in total. The summed E-state index contributed by atoms with van der Waals surface area (Å²) in [5.74, 6) is 0. The first kappa shape index (κ1) is 17.1. The van der Waals surface area contributed by atoms with Crippen LogP contribution >= 0.6 is 11.3 Å². The molecule has 0 spiro atoms. The molecule has 2 rings (SSSR count). The molecule has 0 fully saturated rings. The standard InChI is InChI=1S/C16H22N2O2S2/c1-13(2)18(9-7-16-17-8-10-21-16)12-14-5-4-6-15(11-14)22(3,19)20/h4-6,8,10-11,13H,7,9,12H2,1-3H3. The van der Waals surface area contributed by atoms with Crippen molar-refractivity contribution in [2.75, 3.05) is 12.8 Å². The first-order chi connectivity index (χ1) is 10.4. The van der Waals surface area contributed by atoms with Gasteiger partial charge in [0.1, 0.15) is 0 Å². The normalized spacial score (nSPS) is 12.2. The highest BCUT2D eigenvalue weighted by Gasteiger charge is 2.13. The fraction of sp³-hybridized carbons (Fsp3) is 0.438. The monoisotopic (exact) mass is 338 g/mol. The molecule has 1 heterocycles. The van der Waals surface area contributed by atoms with Gasteiger partial charge in [-0.2, -0.15) is 0 Å². The Kier molecular flexibility index (Phi) is 5.72. The van der Waals surface area contributed by atoms with Crippen LogP contribution in [0.5, 0.6) is 0 Å². The number of sulfone groups is 1. The van der Waals surface area contributed by atoms with Crippen LogP contribution in [0.3, 0.4) is 0 Å². The highest BCUT2D eigenvalue weighted by Crippen LogP contribution is 2.15. The van der Waals surface area contributed by atoms with Gasteiger partial charge < -0.3 is 0 Å². The van der Waals surface area contributed by atoms with E-state index < -0.39 is 9.84 Å². The Labute approximate surface area is 136 Å². The second kappa shape index (κ2) is 7.35. The summed E-state index contributed by atoms with van der Waals surface area (Å²) in [5, 5.41) is 3.13. The van der Waals surface area contributed by atoms with Gasteiger partial charge in [0.05, 0.1) is 9.90 Å². The zero-order valence-electron chi connectivity index (χ0n) is 13.2. The van der Waals surface area contributed by atoms with Gasteiger partial charge in [0.25, 0.3) is 0 Å². The third-order valence-corrected chi connectivity index (χ3v) is 5.49.